The van der Waals surface area contributed by atoms with Crippen molar-refractivity contribution >= 4 is 11.9 Å². The fourth-order valence-electron chi connectivity index (χ4n) is 2.03. The zero-order chi connectivity index (χ0) is 14.4. The van der Waals surface area contributed by atoms with Gasteiger partial charge in [0.25, 0.3) is 0 Å². The van der Waals surface area contributed by atoms with Crippen LogP contribution in [0.1, 0.15) is 25.0 Å². The van der Waals surface area contributed by atoms with Crippen LogP contribution in [0.15, 0.2) is 48.5 Å². The molecule has 0 aromatic heterocycles. The molecule has 0 heterocycles. The van der Waals surface area contributed by atoms with Gasteiger partial charge in [-0.1, -0.05) is 79.9 Å². The van der Waals surface area contributed by atoms with Crippen molar-refractivity contribution in [2.45, 2.75) is 32.4 Å². The average molecular weight is 285 g/mol. The molecule has 0 aliphatic carbocycles. The van der Waals surface area contributed by atoms with Gasteiger partial charge in [0.05, 0.1) is 0 Å². The van der Waals surface area contributed by atoms with Crippen LogP contribution in [0.25, 0.3) is 11.1 Å². The third kappa shape index (κ3) is 4.69. The molecule has 0 spiro atoms. The molecule has 0 atom stereocenters. The minimum atomic E-state index is 0.638. The van der Waals surface area contributed by atoms with Crippen molar-refractivity contribution in [2.24, 2.45) is 0 Å². The molecule has 2 heteroatoms. The lowest BCUT2D eigenvalue weighted by atomic mass is 10.0. The summed E-state index contributed by atoms with van der Waals surface area (Å²) in [5.74, 6) is 0. The number of nitrogens with one attached hydrogen (secondary N) is 1. The molecule has 0 amide bonds. The molecule has 0 aliphatic heterocycles. The number of benzene rings is 2. The summed E-state index contributed by atoms with van der Waals surface area (Å²) in [6.07, 6.45) is 1.08. The Labute approximate surface area is 126 Å². The molecule has 20 heavy (non-hydrogen) atoms. The normalized spacial score (nSPS) is 11.0. The highest BCUT2D eigenvalue weighted by atomic mass is 32.2. The highest BCUT2D eigenvalue weighted by Crippen LogP contribution is 2.20. The number of hydrogen-bond acceptors (Lipinski definition) is 2. The quantitative estimate of drug-likeness (QED) is 0.601. The van der Waals surface area contributed by atoms with Crippen LogP contribution >= 0.6 is 11.9 Å². The lowest BCUT2D eigenvalue weighted by Gasteiger charge is -2.07. The van der Waals surface area contributed by atoms with Gasteiger partial charge in [-0.3, -0.25) is 4.72 Å². The zero-order valence-electron chi connectivity index (χ0n) is 12.5. The first-order chi connectivity index (χ1) is 9.65. The van der Waals surface area contributed by atoms with Gasteiger partial charge in [0.2, 0.25) is 0 Å². The third-order valence-corrected chi connectivity index (χ3v) is 4.02. The predicted molar refractivity (Wildman–Crippen MR) is 91.0 cm³/mol. The highest BCUT2D eigenvalue weighted by Gasteiger charge is 1.99. The number of rotatable bonds is 6. The van der Waals surface area contributed by atoms with Crippen LogP contribution in [0.5, 0.6) is 0 Å². The summed E-state index contributed by atoms with van der Waals surface area (Å²) in [5, 5.41) is 0.638. The molecule has 0 fully saturated rings. The fraction of sp³-hybridized carbons (Fsp3) is 0.333. The molecule has 0 unspecified atom stereocenters. The Bertz CT molecular complexity index is 514. The van der Waals surface area contributed by atoms with Crippen molar-refractivity contribution in [1.82, 2.24) is 4.72 Å². The van der Waals surface area contributed by atoms with E-state index in [9.17, 15) is 0 Å². The molecule has 2 aromatic carbocycles. The molecule has 1 nitrogen and oxygen atoms in total. The van der Waals surface area contributed by atoms with Crippen molar-refractivity contribution in [3.8, 4) is 11.1 Å². The second-order valence-corrected chi connectivity index (χ2v) is 6.84. The maximum atomic E-state index is 3.40. The van der Waals surface area contributed by atoms with E-state index < -0.39 is 0 Å². The summed E-state index contributed by atoms with van der Waals surface area (Å²) >= 11 is 1.80. The topological polar surface area (TPSA) is 12.0 Å². The van der Waals surface area contributed by atoms with E-state index in [1.54, 1.807) is 11.9 Å². The molecule has 106 valence electrons. The minimum Gasteiger partial charge on any atom is -0.264 e. The summed E-state index contributed by atoms with van der Waals surface area (Å²) in [4.78, 5) is 0. The maximum absolute atomic E-state index is 3.40. The van der Waals surface area contributed by atoms with Crippen LogP contribution < -0.4 is 4.72 Å². The summed E-state index contributed by atoms with van der Waals surface area (Å²) in [7, 11) is 0. The first kappa shape index (κ1) is 15.1. The summed E-state index contributed by atoms with van der Waals surface area (Å²) in [6.45, 7) is 7.55. The summed E-state index contributed by atoms with van der Waals surface area (Å²) in [5.41, 5.74) is 5.27. The van der Waals surface area contributed by atoms with E-state index in [0.29, 0.717) is 5.25 Å². The average Bonchev–Trinajstić information content (AvgIpc) is 2.45. The predicted octanol–water partition coefficient (Wildman–Crippen LogP) is 4.85. The minimum absolute atomic E-state index is 0.638. The van der Waals surface area contributed by atoms with Crippen LogP contribution in [-0.4, -0.2) is 11.8 Å². The van der Waals surface area contributed by atoms with Gasteiger partial charge in [-0.15, -0.1) is 0 Å². The van der Waals surface area contributed by atoms with Gasteiger partial charge in [0.1, 0.15) is 0 Å². The number of aryl methyl sites for hydroxylation is 1. The first-order valence-electron chi connectivity index (χ1n) is 7.19. The van der Waals surface area contributed by atoms with Crippen molar-refractivity contribution in [2.75, 3.05) is 6.54 Å². The van der Waals surface area contributed by atoms with Gasteiger partial charge in [0, 0.05) is 11.8 Å². The highest BCUT2D eigenvalue weighted by molar-refractivity contribution is 7.97. The van der Waals surface area contributed by atoms with Gasteiger partial charge in [-0.2, -0.15) is 0 Å². The van der Waals surface area contributed by atoms with E-state index in [4.69, 9.17) is 0 Å². The standard InChI is InChI=1S/C18H23NS/c1-14(2)20-19-13-12-16-6-10-18(11-7-16)17-8-4-15(3)5-9-17/h4-11,14,19H,12-13H2,1-3H3. The maximum Gasteiger partial charge on any atom is 0.0136 e. The van der Waals surface area contributed by atoms with Gasteiger partial charge in [-0.05, 0) is 30.0 Å². The van der Waals surface area contributed by atoms with E-state index >= 15 is 0 Å². The largest absolute Gasteiger partial charge is 0.264 e. The van der Waals surface area contributed by atoms with E-state index in [1.807, 2.05) is 0 Å². The fourth-order valence-corrected chi connectivity index (χ4v) is 2.58. The Morgan fingerprint density at radius 2 is 1.45 bits per heavy atom. The zero-order valence-corrected chi connectivity index (χ0v) is 13.3. The monoisotopic (exact) mass is 285 g/mol. The Hall–Kier alpha value is -1.25. The Kier molecular flexibility index (Phi) is 5.69. The van der Waals surface area contributed by atoms with Gasteiger partial charge in [0.15, 0.2) is 0 Å². The molecule has 0 radical (unpaired) electrons. The Morgan fingerprint density at radius 3 is 2.00 bits per heavy atom. The van der Waals surface area contributed by atoms with Crippen molar-refractivity contribution in [3.63, 3.8) is 0 Å². The second-order valence-electron chi connectivity index (χ2n) is 5.37. The van der Waals surface area contributed by atoms with E-state index in [1.165, 1.54) is 22.3 Å². The Balaban J connectivity index is 1.91. The van der Waals surface area contributed by atoms with Crippen LogP contribution in [-0.2, 0) is 6.42 Å². The number of hydrogen-bond donors (Lipinski definition) is 1. The summed E-state index contributed by atoms with van der Waals surface area (Å²) < 4.78 is 3.40. The molecule has 1 N–H and O–H groups in total. The molecule has 0 saturated carbocycles. The molecule has 2 rings (SSSR count). The van der Waals surface area contributed by atoms with E-state index in [2.05, 4.69) is 74.0 Å². The van der Waals surface area contributed by atoms with E-state index in [-0.39, 0.29) is 0 Å². The van der Waals surface area contributed by atoms with Crippen LogP contribution in [0, 0.1) is 6.92 Å². The smallest absolute Gasteiger partial charge is 0.0136 e. The van der Waals surface area contributed by atoms with Crippen molar-refractivity contribution < 1.29 is 0 Å². The molecular formula is C18H23NS. The van der Waals surface area contributed by atoms with Crippen LogP contribution in [0.4, 0.5) is 0 Å². The van der Waals surface area contributed by atoms with Crippen molar-refractivity contribution in [3.05, 3.63) is 59.7 Å². The summed E-state index contributed by atoms with van der Waals surface area (Å²) in [6, 6.07) is 17.6. The van der Waals surface area contributed by atoms with Gasteiger partial charge < -0.3 is 0 Å². The third-order valence-electron chi connectivity index (χ3n) is 3.17. The van der Waals surface area contributed by atoms with Crippen molar-refractivity contribution in [1.29, 1.82) is 0 Å². The SMILES string of the molecule is Cc1ccc(-c2ccc(CCNSC(C)C)cc2)cc1. The molecule has 0 bridgehead atoms. The van der Waals surface area contributed by atoms with Crippen LogP contribution in [0.2, 0.25) is 0 Å². The molecule has 2 aromatic rings. The molecular weight excluding hydrogens is 262 g/mol. The second kappa shape index (κ2) is 7.51. The first-order valence-corrected chi connectivity index (χ1v) is 8.07. The molecule has 0 saturated heterocycles. The Morgan fingerprint density at radius 1 is 0.900 bits per heavy atom. The lowest BCUT2D eigenvalue weighted by molar-refractivity contribution is 0.900. The van der Waals surface area contributed by atoms with E-state index in [0.717, 1.165) is 13.0 Å². The van der Waals surface area contributed by atoms with Gasteiger partial charge in [-0.25, -0.2) is 0 Å². The van der Waals surface area contributed by atoms with Gasteiger partial charge >= 0.3 is 0 Å². The lowest BCUT2D eigenvalue weighted by Crippen LogP contribution is -2.11. The molecule has 0 aliphatic rings. The van der Waals surface area contributed by atoms with Crippen LogP contribution in [0.3, 0.4) is 0 Å².